The number of carboxylic acids is 1. The topological polar surface area (TPSA) is 49.3 Å². The second-order valence-corrected chi connectivity index (χ2v) is 5.06. The van der Waals surface area contributed by atoms with Crippen LogP contribution in [0, 0.1) is 0 Å². The molecule has 14 heavy (non-hydrogen) atoms. The molecule has 0 aliphatic carbocycles. The monoisotopic (exact) mass is 253 g/mol. The minimum Gasteiger partial charge on any atom is -0.480 e. The van der Waals surface area contributed by atoms with Crippen LogP contribution in [-0.2, 0) is 4.79 Å². The van der Waals surface area contributed by atoms with Gasteiger partial charge in [0.25, 0.3) is 0 Å². The third kappa shape index (κ3) is 3.13. The van der Waals surface area contributed by atoms with E-state index in [0.717, 1.165) is 5.56 Å². The predicted molar refractivity (Wildman–Crippen MR) is 58.4 cm³/mol. The Balaban J connectivity index is 2.64. The van der Waals surface area contributed by atoms with Crippen molar-refractivity contribution in [3.63, 3.8) is 0 Å². The fourth-order valence-electron chi connectivity index (χ4n) is 0.999. The van der Waals surface area contributed by atoms with E-state index in [1.54, 1.807) is 6.07 Å². The molecule has 0 aliphatic heterocycles. The zero-order valence-electron chi connectivity index (χ0n) is 7.38. The van der Waals surface area contributed by atoms with Crippen LogP contribution >= 0.6 is 34.5 Å². The van der Waals surface area contributed by atoms with Gasteiger partial charge >= 0.3 is 5.97 Å². The zero-order chi connectivity index (χ0) is 10.7. The Morgan fingerprint density at radius 2 is 2.36 bits per heavy atom. The summed E-state index contributed by atoms with van der Waals surface area (Å²) >= 11 is 12.9. The van der Waals surface area contributed by atoms with Gasteiger partial charge < -0.3 is 10.4 Å². The van der Waals surface area contributed by atoms with E-state index in [1.807, 2.05) is 6.92 Å². The molecule has 0 saturated carbocycles. The number of carboxylic acid groups (broad SMARTS) is 1. The number of hydrogen-bond acceptors (Lipinski definition) is 3. The van der Waals surface area contributed by atoms with Gasteiger partial charge in [-0.3, -0.25) is 4.79 Å². The van der Waals surface area contributed by atoms with E-state index in [-0.39, 0.29) is 12.6 Å². The Labute approximate surface area is 95.6 Å². The van der Waals surface area contributed by atoms with E-state index in [2.05, 4.69) is 5.32 Å². The first-order valence-electron chi connectivity index (χ1n) is 3.90. The van der Waals surface area contributed by atoms with Crippen LogP contribution in [0.2, 0.25) is 8.67 Å². The smallest absolute Gasteiger partial charge is 0.317 e. The lowest BCUT2D eigenvalue weighted by Crippen LogP contribution is -2.25. The van der Waals surface area contributed by atoms with Crippen molar-refractivity contribution < 1.29 is 9.90 Å². The molecule has 0 bridgehead atoms. The van der Waals surface area contributed by atoms with Gasteiger partial charge in [0, 0.05) is 6.04 Å². The first-order chi connectivity index (χ1) is 6.50. The highest BCUT2D eigenvalue weighted by molar-refractivity contribution is 7.20. The summed E-state index contributed by atoms with van der Waals surface area (Å²) in [7, 11) is 0. The van der Waals surface area contributed by atoms with Crippen LogP contribution in [0.25, 0.3) is 0 Å². The van der Waals surface area contributed by atoms with E-state index in [4.69, 9.17) is 28.3 Å². The Kier molecular flexibility index (Phi) is 4.19. The second-order valence-electron chi connectivity index (χ2n) is 2.78. The van der Waals surface area contributed by atoms with Crippen LogP contribution in [0.15, 0.2) is 6.07 Å². The van der Waals surface area contributed by atoms with Crippen molar-refractivity contribution in [1.29, 1.82) is 0 Å². The molecule has 0 saturated heterocycles. The first kappa shape index (κ1) is 11.8. The predicted octanol–water partition coefficient (Wildman–Crippen LogP) is 2.79. The fourth-order valence-corrected chi connectivity index (χ4v) is 2.64. The molecule has 0 fully saturated rings. The molecule has 1 atom stereocenters. The molecular formula is C8H9Cl2NO2S. The number of hydrogen-bond donors (Lipinski definition) is 2. The summed E-state index contributed by atoms with van der Waals surface area (Å²) in [5.74, 6) is -0.894. The molecule has 6 heteroatoms. The molecule has 0 aromatic carbocycles. The number of halogens is 2. The maximum absolute atomic E-state index is 10.3. The van der Waals surface area contributed by atoms with Gasteiger partial charge in [0.15, 0.2) is 0 Å². The average Bonchev–Trinajstić information content (AvgIpc) is 2.41. The van der Waals surface area contributed by atoms with Gasteiger partial charge in [-0.25, -0.2) is 0 Å². The van der Waals surface area contributed by atoms with Gasteiger partial charge in [0.05, 0.1) is 15.2 Å². The quantitative estimate of drug-likeness (QED) is 0.868. The van der Waals surface area contributed by atoms with E-state index in [0.29, 0.717) is 8.67 Å². The van der Waals surface area contributed by atoms with Crippen molar-refractivity contribution in [3.05, 3.63) is 20.3 Å². The molecular weight excluding hydrogens is 245 g/mol. The van der Waals surface area contributed by atoms with Crippen molar-refractivity contribution in [2.75, 3.05) is 6.54 Å². The molecule has 2 N–H and O–H groups in total. The number of rotatable bonds is 4. The molecule has 1 aromatic heterocycles. The summed E-state index contributed by atoms with van der Waals surface area (Å²) in [6.45, 7) is 1.75. The third-order valence-corrected chi connectivity index (χ3v) is 3.23. The van der Waals surface area contributed by atoms with Gasteiger partial charge in [-0.05, 0) is 18.6 Å². The van der Waals surface area contributed by atoms with Crippen molar-refractivity contribution in [2.45, 2.75) is 13.0 Å². The Morgan fingerprint density at radius 1 is 1.71 bits per heavy atom. The number of carbonyl (C=O) groups is 1. The summed E-state index contributed by atoms with van der Waals surface area (Å²) in [6, 6.07) is 1.64. The summed E-state index contributed by atoms with van der Waals surface area (Å²) in [6.07, 6.45) is 0. The van der Waals surface area contributed by atoms with E-state index in [9.17, 15) is 4.79 Å². The largest absolute Gasteiger partial charge is 0.480 e. The van der Waals surface area contributed by atoms with E-state index < -0.39 is 5.97 Å². The van der Waals surface area contributed by atoms with Crippen molar-refractivity contribution >= 4 is 40.5 Å². The molecule has 3 nitrogen and oxygen atoms in total. The lowest BCUT2D eigenvalue weighted by atomic mass is 10.2. The molecule has 1 heterocycles. The van der Waals surface area contributed by atoms with Crippen LogP contribution in [-0.4, -0.2) is 17.6 Å². The maximum Gasteiger partial charge on any atom is 0.317 e. The maximum atomic E-state index is 10.3. The summed E-state index contributed by atoms with van der Waals surface area (Å²) in [4.78, 5) is 10.3. The van der Waals surface area contributed by atoms with Gasteiger partial charge in [0.1, 0.15) is 0 Å². The standard InChI is InChI=1S/C8H9Cl2NO2S/c1-4(11-3-7(12)13)5-2-6(9)14-8(5)10/h2,4,11H,3H2,1H3,(H,12,13). The highest BCUT2D eigenvalue weighted by Crippen LogP contribution is 2.34. The van der Waals surface area contributed by atoms with Gasteiger partial charge in [-0.15, -0.1) is 11.3 Å². The average molecular weight is 254 g/mol. The van der Waals surface area contributed by atoms with Crippen LogP contribution < -0.4 is 5.32 Å². The molecule has 1 rings (SSSR count). The zero-order valence-corrected chi connectivity index (χ0v) is 9.71. The van der Waals surface area contributed by atoms with Crippen LogP contribution in [0.1, 0.15) is 18.5 Å². The highest BCUT2D eigenvalue weighted by Gasteiger charge is 2.13. The molecule has 1 unspecified atom stereocenters. The lowest BCUT2D eigenvalue weighted by Gasteiger charge is -2.10. The fraction of sp³-hybridized carbons (Fsp3) is 0.375. The Bertz CT molecular complexity index is 340. The second kappa shape index (κ2) is 4.98. The number of nitrogens with one attached hydrogen (secondary N) is 1. The van der Waals surface area contributed by atoms with Gasteiger partial charge in [-0.2, -0.15) is 0 Å². The minimum atomic E-state index is -0.894. The Hall–Kier alpha value is -0.290. The van der Waals surface area contributed by atoms with Gasteiger partial charge in [0.2, 0.25) is 0 Å². The highest BCUT2D eigenvalue weighted by atomic mass is 35.5. The van der Waals surface area contributed by atoms with Crippen molar-refractivity contribution in [3.8, 4) is 0 Å². The first-order valence-corrected chi connectivity index (χ1v) is 5.48. The Morgan fingerprint density at radius 3 is 2.79 bits per heavy atom. The molecule has 0 aliphatic rings. The normalized spacial score (nSPS) is 12.8. The minimum absolute atomic E-state index is 0.0923. The van der Waals surface area contributed by atoms with Crippen LogP contribution in [0.4, 0.5) is 0 Å². The SMILES string of the molecule is CC(NCC(=O)O)c1cc(Cl)sc1Cl. The van der Waals surface area contributed by atoms with E-state index >= 15 is 0 Å². The molecule has 78 valence electrons. The van der Waals surface area contributed by atoms with E-state index in [1.165, 1.54) is 11.3 Å². The third-order valence-electron chi connectivity index (χ3n) is 1.71. The lowest BCUT2D eigenvalue weighted by molar-refractivity contribution is -0.136. The summed E-state index contributed by atoms with van der Waals surface area (Å²) in [5, 5.41) is 11.3. The van der Waals surface area contributed by atoms with Crippen LogP contribution in [0.5, 0.6) is 0 Å². The van der Waals surface area contributed by atoms with Crippen molar-refractivity contribution in [1.82, 2.24) is 5.32 Å². The van der Waals surface area contributed by atoms with Crippen LogP contribution in [0.3, 0.4) is 0 Å². The summed E-state index contributed by atoms with van der Waals surface area (Å²) in [5.41, 5.74) is 0.836. The van der Waals surface area contributed by atoms with Crippen molar-refractivity contribution in [2.24, 2.45) is 0 Å². The molecule has 0 amide bonds. The molecule has 0 spiro atoms. The summed E-state index contributed by atoms with van der Waals surface area (Å²) < 4.78 is 1.20. The van der Waals surface area contributed by atoms with Gasteiger partial charge in [-0.1, -0.05) is 23.2 Å². The molecule has 1 aromatic rings. The number of thiophene rings is 1. The molecule has 0 radical (unpaired) electrons. The number of aliphatic carboxylic acids is 1.